The van der Waals surface area contributed by atoms with Gasteiger partial charge in [-0.2, -0.15) is 0 Å². The molecule has 326 valence electrons. The topological polar surface area (TPSA) is 66.0 Å². The molecule has 6 heteroatoms. The number of furan rings is 1. The van der Waals surface area contributed by atoms with Crippen molar-refractivity contribution in [2.45, 2.75) is 5.41 Å². The molecule has 2 aliphatic rings. The van der Waals surface area contributed by atoms with Gasteiger partial charge in [-0.05, 0) is 88.0 Å². The molecular formula is C64H38N4O2. The molecule has 0 saturated heterocycles. The molecule has 0 bridgehead atoms. The maximum absolute atomic E-state index is 6.83. The molecule has 1 spiro atoms. The first-order valence-corrected chi connectivity index (χ1v) is 23.7. The van der Waals surface area contributed by atoms with Crippen molar-refractivity contribution in [2.75, 3.05) is 0 Å². The summed E-state index contributed by atoms with van der Waals surface area (Å²) in [5, 5.41) is 4.55. The normalized spacial score (nSPS) is 13.1. The first-order valence-electron chi connectivity index (χ1n) is 23.7. The summed E-state index contributed by atoms with van der Waals surface area (Å²) < 4.78 is 15.8. The molecule has 13 aromatic rings. The summed E-state index contributed by atoms with van der Waals surface area (Å²) in [6.07, 6.45) is 0. The van der Waals surface area contributed by atoms with E-state index in [0.29, 0.717) is 17.5 Å². The summed E-state index contributed by atoms with van der Waals surface area (Å²) in [6, 6.07) is 81.3. The van der Waals surface area contributed by atoms with E-state index in [1.54, 1.807) is 0 Å². The molecule has 0 amide bonds. The lowest BCUT2D eigenvalue weighted by molar-refractivity contribution is 0.436. The van der Waals surface area contributed by atoms with Crippen LogP contribution in [0.25, 0.3) is 106 Å². The number of ether oxygens (including phenoxy) is 1. The summed E-state index contributed by atoms with van der Waals surface area (Å²) in [4.78, 5) is 15.7. The summed E-state index contributed by atoms with van der Waals surface area (Å²) in [5.41, 5.74) is 16.0. The SMILES string of the molecule is c1ccc(-c2nc(-c3ccccc3)nc(-c3cccc4c3-c3ccc(-c5cccc6c5c5c7c(ccc5n6-c5ccccc5)oc5ccccc57)cc3C43c4ccccc4Oc4ccccc43)n2)cc1. The zero-order chi connectivity index (χ0) is 45.9. The fourth-order valence-electron chi connectivity index (χ4n) is 11.7. The second-order valence-electron chi connectivity index (χ2n) is 18.2. The van der Waals surface area contributed by atoms with E-state index in [4.69, 9.17) is 24.1 Å². The molecule has 4 heterocycles. The number of fused-ring (bicyclic) bond motifs is 16. The van der Waals surface area contributed by atoms with Crippen molar-refractivity contribution in [1.82, 2.24) is 19.5 Å². The van der Waals surface area contributed by atoms with Gasteiger partial charge in [0.2, 0.25) is 0 Å². The van der Waals surface area contributed by atoms with Crippen LogP contribution in [0, 0.1) is 0 Å². The molecule has 1 aliphatic carbocycles. The largest absolute Gasteiger partial charge is 0.457 e. The van der Waals surface area contributed by atoms with Gasteiger partial charge < -0.3 is 13.7 Å². The van der Waals surface area contributed by atoms with Crippen molar-refractivity contribution in [3.05, 3.63) is 253 Å². The summed E-state index contributed by atoms with van der Waals surface area (Å²) in [7, 11) is 0. The standard InChI is InChI=1S/C64H38N4O2/c1-4-18-39(19-5-1)61-65-62(40-20-6-2-7-21-40)67-63(66-61)46-26-16-29-49-57(46)44-35-34-41(38-50(44)64(49)47-27-11-14-32-54(47)70-55-33-15-12-28-48(55)64)43-25-17-30-51-58(43)60-52(68(51)42-22-8-3-9-23-42)36-37-56-59(60)45-24-10-13-31-53(45)69-56/h1-38H. The van der Waals surface area contributed by atoms with Crippen LogP contribution in [0.2, 0.25) is 0 Å². The Morgan fingerprint density at radius 1 is 0.357 bits per heavy atom. The molecule has 15 rings (SSSR count). The highest BCUT2D eigenvalue weighted by atomic mass is 16.5. The van der Waals surface area contributed by atoms with Crippen molar-refractivity contribution in [3.63, 3.8) is 0 Å². The lowest BCUT2D eigenvalue weighted by Crippen LogP contribution is -2.32. The molecule has 0 unspecified atom stereocenters. The van der Waals surface area contributed by atoms with E-state index in [0.717, 1.165) is 111 Å². The molecular weight excluding hydrogens is 857 g/mol. The monoisotopic (exact) mass is 894 g/mol. The Labute approximate surface area is 402 Å². The third-order valence-electron chi connectivity index (χ3n) is 14.5. The fraction of sp³-hybridized carbons (Fsp3) is 0.0156. The Balaban J connectivity index is 1.05. The maximum Gasteiger partial charge on any atom is 0.164 e. The molecule has 0 N–H and O–H groups in total. The third kappa shape index (κ3) is 5.41. The van der Waals surface area contributed by atoms with Crippen LogP contribution in [0.5, 0.6) is 11.5 Å². The molecule has 10 aromatic carbocycles. The van der Waals surface area contributed by atoms with E-state index in [2.05, 4.69) is 193 Å². The first kappa shape index (κ1) is 38.7. The lowest BCUT2D eigenvalue weighted by Gasteiger charge is -2.39. The van der Waals surface area contributed by atoms with Crippen LogP contribution in [-0.4, -0.2) is 19.5 Å². The van der Waals surface area contributed by atoms with Gasteiger partial charge in [-0.15, -0.1) is 0 Å². The highest BCUT2D eigenvalue weighted by Gasteiger charge is 2.52. The van der Waals surface area contributed by atoms with E-state index in [-0.39, 0.29) is 0 Å². The number of hydrogen-bond donors (Lipinski definition) is 0. The van der Waals surface area contributed by atoms with Crippen molar-refractivity contribution in [2.24, 2.45) is 0 Å². The summed E-state index contributed by atoms with van der Waals surface area (Å²) in [6.45, 7) is 0. The fourth-order valence-corrected chi connectivity index (χ4v) is 11.7. The van der Waals surface area contributed by atoms with E-state index in [9.17, 15) is 0 Å². The minimum Gasteiger partial charge on any atom is -0.457 e. The molecule has 6 nitrogen and oxygen atoms in total. The van der Waals surface area contributed by atoms with Gasteiger partial charge in [-0.3, -0.25) is 0 Å². The van der Waals surface area contributed by atoms with Gasteiger partial charge in [0.05, 0.1) is 16.4 Å². The van der Waals surface area contributed by atoms with Crippen molar-refractivity contribution in [3.8, 4) is 73.6 Å². The predicted molar refractivity (Wildman–Crippen MR) is 281 cm³/mol. The average Bonchev–Trinajstić information content (AvgIpc) is 4.08. The third-order valence-corrected chi connectivity index (χ3v) is 14.5. The summed E-state index contributed by atoms with van der Waals surface area (Å²) in [5.74, 6) is 3.51. The van der Waals surface area contributed by atoms with Crippen LogP contribution in [0.3, 0.4) is 0 Å². The van der Waals surface area contributed by atoms with Crippen molar-refractivity contribution >= 4 is 43.7 Å². The smallest absolute Gasteiger partial charge is 0.164 e. The van der Waals surface area contributed by atoms with Crippen LogP contribution in [0.4, 0.5) is 0 Å². The molecule has 0 fully saturated rings. The number of para-hydroxylation sites is 4. The second-order valence-corrected chi connectivity index (χ2v) is 18.2. The van der Waals surface area contributed by atoms with E-state index in [1.165, 1.54) is 10.9 Å². The molecule has 0 radical (unpaired) electrons. The van der Waals surface area contributed by atoms with Crippen LogP contribution < -0.4 is 4.74 Å². The van der Waals surface area contributed by atoms with Gasteiger partial charge in [0, 0.05) is 55.0 Å². The quantitative estimate of drug-likeness (QED) is 0.172. The van der Waals surface area contributed by atoms with E-state index >= 15 is 0 Å². The van der Waals surface area contributed by atoms with Gasteiger partial charge in [-0.25, -0.2) is 15.0 Å². The Morgan fingerprint density at radius 3 is 1.67 bits per heavy atom. The second kappa shape index (κ2) is 14.8. The van der Waals surface area contributed by atoms with Crippen LogP contribution in [-0.2, 0) is 5.41 Å². The van der Waals surface area contributed by atoms with E-state index < -0.39 is 5.41 Å². The Bertz CT molecular complexity index is 4170. The minimum absolute atomic E-state index is 0.611. The van der Waals surface area contributed by atoms with Gasteiger partial charge >= 0.3 is 0 Å². The number of nitrogens with zero attached hydrogens (tertiary/aromatic N) is 4. The maximum atomic E-state index is 6.83. The van der Waals surface area contributed by atoms with Gasteiger partial charge in [0.15, 0.2) is 17.5 Å². The number of aromatic nitrogens is 4. The number of hydrogen-bond acceptors (Lipinski definition) is 5. The molecule has 3 aromatic heterocycles. The molecule has 70 heavy (non-hydrogen) atoms. The Hall–Kier alpha value is -9.39. The van der Waals surface area contributed by atoms with Gasteiger partial charge in [0.1, 0.15) is 22.7 Å². The van der Waals surface area contributed by atoms with Crippen molar-refractivity contribution < 1.29 is 9.15 Å². The number of rotatable bonds is 5. The first-order chi connectivity index (χ1) is 34.7. The van der Waals surface area contributed by atoms with Crippen LogP contribution in [0.1, 0.15) is 22.3 Å². The van der Waals surface area contributed by atoms with Crippen molar-refractivity contribution in [1.29, 1.82) is 0 Å². The lowest BCUT2D eigenvalue weighted by atomic mass is 9.66. The highest BCUT2D eigenvalue weighted by molar-refractivity contribution is 6.30. The van der Waals surface area contributed by atoms with Crippen LogP contribution >= 0.6 is 0 Å². The zero-order valence-corrected chi connectivity index (χ0v) is 37.5. The average molecular weight is 895 g/mol. The van der Waals surface area contributed by atoms with E-state index in [1.807, 2.05) is 42.5 Å². The number of benzene rings is 10. The van der Waals surface area contributed by atoms with Gasteiger partial charge in [-0.1, -0.05) is 176 Å². The molecule has 0 saturated carbocycles. The molecule has 0 atom stereocenters. The minimum atomic E-state index is -0.764. The van der Waals surface area contributed by atoms with Crippen LogP contribution in [0.15, 0.2) is 235 Å². The Morgan fingerprint density at radius 2 is 0.943 bits per heavy atom. The zero-order valence-electron chi connectivity index (χ0n) is 37.5. The predicted octanol–water partition coefficient (Wildman–Crippen LogP) is 16.0. The molecule has 1 aliphatic heterocycles. The van der Waals surface area contributed by atoms with Gasteiger partial charge in [0.25, 0.3) is 0 Å². The highest BCUT2D eigenvalue weighted by Crippen LogP contribution is 2.64. The Kier molecular flexibility index (Phi) is 8.18. The summed E-state index contributed by atoms with van der Waals surface area (Å²) >= 11 is 0.